The topological polar surface area (TPSA) is 80.7 Å². The molecule has 5 nitrogen and oxygen atoms in total. The van der Waals surface area contributed by atoms with Crippen LogP contribution in [0.3, 0.4) is 0 Å². The highest BCUT2D eigenvalue weighted by Gasteiger charge is 2.76. The molecule has 0 bridgehead atoms. The number of carbonyl (C=O) groups is 3. The second-order valence-corrected chi connectivity index (χ2v) is 12.2. The van der Waals surface area contributed by atoms with E-state index in [0.717, 1.165) is 0 Å². The molecule has 0 aromatic heterocycles. The van der Waals surface area contributed by atoms with Crippen LogP contribution in [-0.2, 0) is 19.1 Å². The van der Waals surface area contributed by atoms with Gasteiger partial charge in [-0.25, -0.2) is 4.39 Å². The summed E-state index contributed by atoms with van der Waals surface area (Å²) in [6.45, 7) is 6.26. The third-order valence-electron chi connectivity index (χ3n) is 8.93. The Kier molecular flexibility index (Phi) is 5.63. The van der Waals surface area contributed by atoms with E-state index in [4.69, 9.17) is 16.3 Å². The van der Waals surface area contributed by atoms with Crippen molar-refractivity contribution in [2.24, 2.45) is 28.6 Å². The van der Waals surface area contributed by atoms with Gasteiger partial charge in [-0.15, -0.1) is 11.6 Å². The maximum absolute atomic E-state index is 17.3. The fourth-order valence-corrected chi connectivity index (χ4v) is 8.79. The van der Waals surface area contributed by atoms with Crippen molar-refractivity contribution in [1.82, 2.24) is 0 Å². The molecule has 0 saturated heterocycles. The summed E-state index contributed by atoms with van der Waals surface area (Å²) in [5, 5.41) is 11.4. The smallest absolute Gasteiger partial charge is 0.303 e. The minimum atomic E-state index is -2.03. The summed E-state index contributed by atoms with van der Waals surface area (Å²) >= 11 is 10.8. The van der Waals surface area contributed by atoms with Gasteiger partial charge in [0.05, 0.1) is 6.10 Å². The van der Waals surface area contributed by atoms with Gasteiger partial charge in [-0.05, 0) is 55.6 Å². The van der Waals surface area contributed by atoms with Gasteiger partial charge in [0, 0.05) is 23.1 Å². The van der Waals surface area contributed by atoms with Crippen LogP contribution in [0, 0.1) is 28.6 Å². The molecule has 0 amide bonds. The summed E-state index contributed by atoms with van der Waals surface area (Å²) in [4.78, 5) is 34.8. The van der Waals surface area contributed by atoms with Crippen molar-refractivity contribution in [3.63, 3.8) is 0 Å². The lowest BCUT2D eigenvalue weighted by Crippen LogP contribution is -2.70. The van der Waals surface area contributed by atoms with E-state index in [-0.39, 0.29) is 28.9 Å². The Hall–Kier alpha value is -1.05. The van der Waals surface area contributed by atoms with Gasteiger partial charge in [-0.3, -0.25) is 14.4 Å². The maximum atomic E-state index is 17.3. The van der Waals surface area contributed by atoms with Crippen molar-refractivity contribution < 1.29 is 28.6 Å². The van der Waals surface area contributed by atoms with Crippen molar-refractivity contribution in [3.05, 3.63) is 23.8 Å². The van der Waals surface area contributed by atoms with Crippen molar-refractivity contribution in [2.75, 3.05) is 6.61 Å². The summed E-state index contributed by atoms with van der Waals surface area (Å²) in [7, 11) is 0. The van der Waals surface area contributed by atoms with E-state index in [2.05, 4.69) is 15.9 Å². The molecule has 4 aliphatic carbocycles. The number of alkyl halides is 3. The van der Waals surface area contributed by atoms with Crippen LogP contribution in [0.25, 0.3) is 0 Å². The van der Waals surface area contributed by atoms with Crippen LogP contribution in [0.5, 0.6) is 0 Å². The Morgan fingerprint density at radius 2 is 2.03 bits per heavy atom. The quantitative estimate of drug-likeness (QED) is 0.438. The van der Waals surface area contributed by atoms with Crippen LogP contribution in [0.2, 0.25) is 0 Å². The number of rotatable bonds is 3. The number of carbonyl (C=O) groups excluding carboxylic acids is 3. The lowest BCUT2D eigenvalue weighted by Gasteiger charge is -2.63. The molecule has 3 unspecified atom stereocenters. The number of halogens is 3. The van der Waals surface area contributed by atoms with E-state index in [1.165, 1.54) is 19.1 Å². The first-order chi connectivity index (χ1) is 14.7. The van der Waals surface area contributed by atoms with E-state index in [1.807, 2.05) is 13.8 Å². The van der Waals surface area contributed by atoms with Crippen LogP contribution < -0.4 is 0 Å². The Bertz CT molecular complexity index is 951. The lowest BCUT2D eigenvalue weighted by molar-refractivity contribution is -0.191. The number of ketones is 2. The molecule has 1 N–H and O–H groups in total. The van der Waals surface area contributed by atoms with Crippen molar-refractivity contribution in [1.29, 1.82) is 0 Å². The van der Waals surface area contributed by atoms with Gasteiger partial charge in [-0.1, -0.05) is 41.4 Å². The van der Waals surface area contributed by atoms with Crippen LogP contribution in [0.15, 0.2) is 23.8 Å². The zero-order valence-corrected chi connectivity index (χ0v) is 21.0. The number of aliphatic hydroxyl groups is 1. The largest absolute Gasteiger partial charge is 0.458 e. The molecule has 0 aromatic rings. The molecular formula is C24H29BrClFO5. The number of esters is 1. The van der Waals surface area contributed by atoms with Crippen molar-refractivity contribution in [2.45, 2.75) is 68.4 Å². The van der Waals surface area contributed by atoms with Crippen molar-refractivity contribution >= 4 is 45.1 Å². The number of hydrogen-bond donors (Lipinski definition) is 1. The third kappa shape index (κ3) is 2.86. The number of Topliss-reactive ketones (excluding diaryl/α,β-unsaturated/α-hetero) is 1. The molecule has 8 heteroatoms. The molecule has 0 spiro atoms. The number of aliphatic hydroxyl groups excluding tert-OH is 1. The zero-order chi connectivity index (χ0) is 23.9. The van der Waals surface area contributed by atoms with Gasteiger partial charge < -0.3 is 9.84 Å². The number of allylic oxidation sites excluding steroid dienone is 4. The predicted molar refractivity (Wildman–Crippen MR) is 121 cm³/mol. The lowest BCUT2D eigenvalue weighted by atomic mass is 9.45. The number of ether oxygens (including phenoxy) is 1. The third-order valence-corrected chi connectivity index (χ3v) is 10.8. The zero-order valence-electron chi connectivity index (χ0n) is 18.7. The fourth-order valence-electron chi connectivity index (χ4n) is 7.32. The summed E-state index contributed by atoms with van der Waals surface area (Å²) in [6.07, 6.45) is 4.03. The van der Waals surface area contributed by atoms with Gasteiger partial charge in [0.15, 0.2) is 23.8 Å². The second-order valence-electron chi connectivity index (χ2n) is 10.4. The molecule has 4 aliphatic rings. The molecule has 3 fully saturated rings. The van der Waals surface area contributed by atoms with Gasteiger partial charge >= 0.3 is 5.97 Å². The second kappa shape index (κ2) is 7.47. The molecular weight excluding hydrogens is 503 g/mol. The van der Waals surface area contributed by atoms with E-state index in [9.17, 15) is 19.5 Å². The first-order valence-corrected chi connectivity index (χ1v) is 12.3. The Morgan fingerprint density at radius 3 is 2.66 bits per heavy atom. The average Bonchev–Trinajstić information content (AvgIpc) is 2.89. The summed E-state index contributed by atoms with van der Waals surface area (Å²) in [5.41, 5.74) is -3.39. The first-order valence-electron chi connectivity index (χ1n) is 11.0. The molecule has 0 aromatic carbocycles. The molecule has 32 heavy (non-hydrogen) atoms. The molecule has 0 heterocycles. The molecule has 0 aliphatic heterocycles. The predicted octanol–water partition coefficient (Wildman–Crippen LogP) is 4.09. The molecule has 4 rings (SSSR count). The van der Waals surface area contributed by atoms with Crippen LogP contribution in [0.4, 0.5) is 4.39 Å². The Labute approximate surface area is 200 Å². The summed E-state index contributed by atoms with van der Waals surface area (Å²) < 4.78 is 22.2. The summed E-state index contributed by atoms with van der Waals surface area (Å²) in [6, 6.07) is 0. The minimum absolute atomic E-state index is 0.00526. The van der Waals surface area contributed by atoms with Crippen LogP contribution in [-0.4, -0.2) is 50.7 Å². The molecule has 176 valence electrons. The van der Waals surface area contributed by atoms with E-state index >= 15 is 4.39 Å². The highest BCUT2D eigenvalue weighted by atomic mass is 79.9. The standard InChI is InChI=1S/C24H29BrClFO5/c1-12-7-16-20-17(25)9-14-8-15(29)5-6-21(14,3)24(20,27)18(30)10-22(16,4)23(12,26)19(31)11-32-13(2)28/h5-6,8,12,16-18,20,30H,7,9-11H2,1-4H3/t12?,16-,17?,18?,20+,21-,22-,23-,24+/m0/s1. The normalized spacial score (nSPS) is 49.6. The summed E-state index contributed by atoms with van der Waals surface area (Å²) in [5.74, 6) is -2.39. The number of fused-ring (bicyclic) bond motifs is 5. The van der Waals surface area contributed by atoms with E-state index in [0.29, 0.717) is 18.4 Å². The first kappa shape index (κ1) is 24.1. The van der Waals surface area contributed by atoms with E-state index in [1.54, 1.807) is 13.0 Å². The van der Waals surface area contributed by atoms with Crippen LogP contribution in [0.1, 0.15) is 47.0 Å². The SMILES string of the molecule is CC(=O)OCC(=O)[C@@]1(Cl)C(C)C[C@H]2[C@@H]3C(Br)CC4=CC(=O)C=C[C@]4(C)[C@@]3(F)C(O)C[C@@]21C. The fraction of sp³-hybridized carbons (Fsp3) is 0.708. The van der Waals surface area contributed by atoms with Gasteiger partial charge in [-0.2, -0.15) is 0 Å². The minimum Gasteiger partial charge on any atom is -0.458 e. The van der Waals surface area contributed by atoms with Gasteiger partial charge in [0.25, 0.3) is 0 Å². The van der Waals surface area contributed by atoms with Gasteiger partial charge in [0.2, 0.25) is 0 Å². The number of hydrogen-bond acceptors (Lipinski definition) is 5. The Balaban J connectivity index is 1.80. The highest BCUT2D eigenvalue weighted by Crippen LogP contribution is 2.72. The monoisotopic (exact) mass is 530 g/mol. The highest BCUT2D eigenvalue weighted by molar-refractivity contribution is 9.09. The molecule has 9 atom stereocenters. The molecule has 3 saturated carbocycles. The van der Waals surface area contributed by atoms with Gasteiger partial charge in [0.1, 0.15) is 4.87 Å². The molecule has 0 radical (unpaired) electrons. The average molecular weight is 532 g/mol. The Morgan fingerprint density at radius 1 is 1.38 bits per heavy atom. The van der Waals surface area contributed by atoms with Crippen LogP contribution >= 0.6 is 27.5 Å². The maximum Gasteiger partial charge on any atom is 0.303 e. The van der Waals surface area contributed by atoms with Crippen molar-refractivity contribution in [3.8, 4) is 0 Å². The van der Waals surface area contributed by atoms with E-state index < -0.39 is 51.8 Å².